The van der Waals surface area contributed by atoms with E-state index < -0.39 is 0 Å². The summed E-state index contributed by atoms with van der Waals surface area (Å²) in [7, 11) is 0. The van der Waals surface area contributed by atoms with E-state index in [0.29, 0.717) is 0 Å². The van der Waals surface area contributed by atoms with Crippen LogP contribution >= 0.6 is 11.3 Å². The van der Waals surface area contributed by atoms with Gasteiger partial charge in [-0.15, -0.1) is 11.3 Å². The zero-order chi connectivity index (χ0) is 11.0. The first-order valence-corrected chi connectivity index (χ1v) is 7.15. The van der Waals surface area contributed by atoms with Gasteiger partial charge in [0, 0.05) is 41.5 Å². The molecular weight excluding hydrogens is 216 g/mol. The third kappa shape index (κ3) is 2.31. The van der Waals surface area contributed by atoms with Crippen molar-refractivity contribution >= 4 is 11.3 Å². The standard InChI is InChI=1S/C13H20N2S/c1-10-2-5-13(16-10)9-15-7-6-11-3-4-12(8-15)14-11/h2,5,11-12,14H,3-4,6-9H2,1H3/t11-,12+/m1/s1. The van der Waals surface area contributed by atoms with E-state index in [2.05, 4.69) is 29.3 Å². The average Bonchev–Trinajstić information content (AvgIpc) is 2.77. The Kier molecular flexibility index (Phi) is 3.01. The monoisotopic (exact) mass is 236 g/mol. The summed E-state index contributed by atoms with van der Waals surface area (Å²) < 4.78 is 0. The molecule has 88 valence electrons. The molecule has 0 spiro atoms. The smallest absolute Gasteiger partial charge is 0.0328 e. The van der Waals surface area contributed by atoms with Crippen LogP contribution in [0.25, 0.3) is 0 Å². The van der Waals surface area contributed by atoms with Crippen molar-refractivity contribution in [3.05, 3.63) is 21.9 Å². The van der Waals surface area contributed by atoms with Crippen LogP contribution in [-0.2, 0) is 6.54 Å². The topological polar surface area (TPSA) is 15.3 Å². The van der Waals surface area contributed by atoms with Crippen molar-refractivity contribution in [2.45, 2.75) is 44.8 Å². The van der Waals surface area contributed by atoms with Crippen molar-refractivity contribution in [1.82, 2.24) is 10.2 Å². The lowest BCUT2D eigenvalue weighted by Gasteiger charge is -2.23. The molecule has 1 N–H and O–H groups in total. The summed E-state index contributed by atoms with van der Waals surface area (Å²) in [6, 6.07) is 6.09. The van der Waals surface area contributed by atoms with Gasteiger partial charge in [-0.2, -0.15) is 0 Å². The van der Waals surface area contributed by atoms with Gasteiger partial charge >= 0.3 is 0 Å². The lowest BCUT2D eigenvalue weighted by atomic mass is 10.1. The van der Waals surface area contributed by atoms with Crippen LogP contribution in [0.15, 0.2) is 12.1 Å². The zero-order valence-electron chi connectivity index (χ0n) is 9.91. The predicted molar refractivity (Wildman–Crippen MR) is 68.9 cm³/mol. The molecule has 0 aromatic carbocycles. The second kappa shape index (κ2) is 4.47. The summed E-state index contributed by atoms with van der Waals surface area (Å²) >= 11 is 1.95. The molecule has 0 unspecified atom stereocenters. The highest BCUT2D eigenvalue weighted by molar-refractivity contribution is 7.11. The van der Waals surface area contributed by atoms with E-state index in [1.165, 1.54) is 42.1 Å². The summed E-state index contributed by atoms with van der Waals surface area (Å²) in [5.74, 6) is 0. The molecule has 2 fully saturated rings. The number of nitrogens with one attached hydrogen (secondary N) is 1. The molecule has 3 heterocycles. The van der Waals surface area contributed by atoms with Gasteiger partial charge in [0.2, 0.25) is 0 Å². The van der Waals surface area contributed by atoms with Gasteiger partial charge in [0.15, 0.2) is 0 Å². The highest BCUT2D eigenvalue weighted by Crippen LogP contribution is 2.23. The number of hydrogen-bond acceptors (Lipinski definition) is 3. The summed E-state index contributed by atoms with van der Waals surface area (Å²) in [5, 5.41) is 3.74. The maximum Gasteiger partial charge on any atom is 0.0328 e. The molecule has 2 saturated heterocycles. The van der Waals surface area contributed by atoms with E-state index in [0.717, 1.165) is 18.6 Å². The van der Waals surface area contributed by atoms with Gasteiger partial charge in [-0.1, -0.05) is 0 Å². The summed E-state index contributed by atoms with van der Waals surface area (Å²) in [4.78, 5) is 5.59. The van der Waals surface area contributed by atoms with Crippen molar-refractivity contribution < 1.29 is 0 Å². The van der Waals surface area contributed by atoms with Crippen molar-refractivity contribution in [3.63, 3.8) is 0 Å². The first kappa shape index (κ1) is 10.8. The normalized spacial score (nSPS) is 30.6. The molecule has 0 aliphatic carbocycles. The van der Waals surface area contributed by atoms with Crippen molar-refractivity contribution in [2.75, 3.05) is 13.1 Å². The van der Waals surface area contributed by atoms with E-state index in [1.54, 1.807) is 0 Å². The van der Waals surface area contributed by atoms with Crippen LogP contribution < -0.4 is 5.32 Å². The fraction of sp³-hybridized carbons (Fsp3) is 0.692. The van der Waals surface area contributed by atoms with E-state index in [9.17, 15) is 0 Å². The lowest BCUT2D eigenvalue weighted by molar-refractivity contribution is 0.253. The maximum atomic E-state index is 3.74. The van der Waals surface area contributed by atoms with E-state index in [4.69, 9.17) is 0 Å². The van der Waals surface area contributed by atoms with Gasteiger partial charge in [0.05, 0.1) is 0 Å². The van der Waals surface area contributed by atoms with Gasteiger partial charge in [-0.25, -0.2) is 0 Å². The van der Waals surface area contributed by atoms with Crippen LogP contribution in [0.1, 0.15) is 29.0 Å². The minimum atomic E-state index is 0.758. The Labute approximate surface area is 102 Å². The Morgan fingerprint density at radius 2 is 2.19 bits per heavy atom. The molecule has 1 aromatic rings. The van der Waals surface area contributed by atoms with E-state index >= 15 is 0 Å². The van der Waals surface area contributed by atoms with Crippen LogP contribution in [0.2, 0.25) is 0 Å². The second-order valence-electron chi connectivity index (χ2n) is 5.17. The molecule has 2 aliphatic heterocycles. The lowest BCUT2D eigenvalue weighted by Crippen LogP contribution is -2.34. The molecule has 3 rings (SSSR count). The Balaban J connectivity index is 1.63. The van der Waals surface area contributed by atoms with Crippen molar-refractivity contribution in [2.24, 2.45) is 0 Å². The van der Waals surface area contributed by atoms with Crippen LogP contribution in [0, 0.1) is 6.92 Å². The molecule has 0 radical (unpaired) electrons. The molecule has 2 atom stereocenters. The highest BCUT2D eigenvalue weighted by atomic mass is 32.1. The second-order valence-corrected chi connectivity index (χ2v) is 6.55. The van der Waals surface area contributed by atoms with Gasteiger partial charge in [0.1, 0.15) is 0 Å². The Hall–Kier alpha value is -0.380. The molecule has 3 heteroatoms. The molecule has 2 aliphatic rings. The number of aryl methyl sites for hydroxylation is 1. The van der Waals surface area contributed by atoms with E-state index in [-0.39, 0.29) is 0 Å². The Bertz CT molecular complexity index is 361. The highest BCUT2D eigenvalue weighted by Gasteiger charge is 2.29. The number of rotatable bonds is 2. The summed E-state index contributed by atoms with van der Waals surface area (Å²) in [6.07, 6.45) is 4.11. The Morgan fingerprint density at radius 1 is 1.31 bits per heavy atom. The predicted octanol–water partition coefficient (Wildman–Crippen LogP) is 2.38. The number of likely N-dealkylation sites (tertiary alicyclic amines) is 1. The number of nitrogens with zero attached hydrogens (tertiary/aromatic N) is 1. The fourth-order valence-corrected chi connectivity index (χ4v) is 3.88. The third-order valence-electron chi connectivity index (χ3n) is 3.78. The maximum absolute atomic E-state index is 3.74. The van der Waals surface area contributed by atoms with Crippen LogP contribution in [-0.4, -0.2) is 30.1 Å². The fourth-order valence-electron chi connectivity index (χ4n) is 2.95. The minimum Gasteiger partial charge on any atom is -0.310 e. The van der Waals surface area contributed by atoms with Gasteiger partial charge < -0.3 is 5.32 Å². The molecule has 0 saturated carbocycles. The average molecular weight is 236 g/mol. The first-order chi connectivity index (χ1) is 7.79. The van der Waals surface area contributed by atoms with Gasteiger partial charge in [-0.3, -0.25) is 4.90 Å². The first-order valence-electron chi connectivity index (χ1n) is 6.33. The Morgan fingerprint density at radius 3 is 3.00 bits per heavy atom. The largest absolute Gasteiger partial charge is 0.310 e. The summed E-state index contributed by atoms with van der Waals surface area (Å²) in [6.45, 7) is 5.86. The number of fused-ring (bicyclic) bond motifs is 2. The van der Waals surface area contributed by atoms with Crippen LogP contribution in [0.4, 0.5) is 0 Å². The quantitative estimate of drug-likeness (QED) is 0.848. The molecule has 2 bridgehead atoms. The summed E-state index contributed by atoms with van der Waals surface area (Å²) in [5.41, 5.74) is 0. The molecule has 0 amide bonds. The van der Waals surface area contributed by atoms with Crippen molar-refractivity contribution in [3.8, 4) is 0 Å². The SMILES string of the molecule is Cc1ccc(CN2CC[C@H]3CC[C@@H](C2)N3)s1. The number of hydrogen-bond donors (Lipinski definition) is 1. The van der Waals surface area contributed by atoms with E-state index in [1.807, 2.05) is 11.3 Å². The number of thiophene rings is 1. The molecule has 16 heavy (non-hydrogen) atoms. The molecular formula is C13H20N2S. The molecule has 1 aromatic heterocycles. The van der Waals surface area contributed by atoms with Crippen molar-refractivity contribution in [1.29, 1.82) is 0 Å². The van der Waals surface area contributed by atoms with Gasteiger partial charge in [-0.05, 0) is 38.3 Å². The van der Waals surface area contributed by atoms with Gasteiger partial charge in [0.25, 0.3) is 0 Å². The minimum absolute atomic E-state index is 0.758. The molecule has 2 nitrogen and oxygen atoms in total. The van der Waals surface area contributed by atoms with Crippen LogP contribution in [0.5, 0.6) is 0 Å². The van der Waals surface area contributed by atoms with Crippen LogP contribution in [0.3, 0.4) is 0 Å². The third-order valence-corrected chi connectivity index (χ3v) is 4.77. The zero-order valence-corrected chi connectivity index (χ0v) is 10.7.